The first kappa shape index (κ1) is 19.1. The van der Waals surface area contributed by atoms with Crippen LogP contribution in [0.1, 0.15) is 50.5 Å². The number of fused-ring (bicyclic) bond motifs is 1. The number of nitrogens with one attached hydrogen (secondary N) is 1. The van der Waals surface area contributed by atoms with Gasteiger partial charge in [-0.15, -0.1) is 0 Å². The van der Waals surface area contributed by atoms with Crippen LogP contribution in [-0.2, 0) is 22.7 Å². The number of amides is 2. The molecule has 27 heavy (non-hydrogen) atoms. The second-order valence-electron chi connectivity index (χ2n) is 7.43. The van der Waals surface area contributed by atoms with E-state index in [4.69, 9.17) is 0 Å². The molecule has 2 amide bonds. The van der Waals surface area contributed by atoms with E-state index in [0.717, 1.165) is 17.8 Å². The van der Waals surface area contributed by atoms with Gasteiger partial charge in [0, 0.05) is 25.4 Å². The molecular weight excluding hydrogens is 342 g/mol. The fourth-order valence-electron chi connectivity index (χ4n) is 3.28. The Morgan fingerprint density at radius 1 is 1.26 bits per heavy atom. The number of carbonyl (C=O) groups excluding carboxylic acids is 2. The van der Waals surface area contributed by atoms with E-state index in [9.17, 15) is 9.59 Å². The van der Waals surface area contributed by atoms with Gasteiger partial charge in [-0.1, -0.05) is 19.9 Å². The molecule has 3 rings (SSSR count). The van der Waals surface area contributed by atoms with Gasteiger partial charge in [-0.05, 0) is 30.5 Å². The van der Waals surface area contributed by atoms with Gasteiger partial charge < -0.3 is 10.2 Å². The molecule has 0 unspecified atom stereocenters. The highest BCUT2D eigenvalue weighted by Gasteiger charge is 2.29. The Hall–Kier alpha value is -2.70. The van der Waals surface area contributed by atoms with Gasteiger partial charge in [0.15, 0.2) is 0 Å². The molecule has 0 saturated heterocycles. The van der Waals surface area contributed by atoms with Crippen molar-refractivity contribution < 1.29 is 9.59 Å². The van der Waals surface area contributed by atoms with Crippen LogP contribution in [0, 0.1) is 5.92 Å². The van der Waals surface area contributed by atoms with Crippen LogP contribution in [0.15, 0.2) is 36.7 Å². The highest BCUT2D eigenvalue weighted by molar-refractivity contribution is 5.78. The molecule has 1 aliphatic rings. The van der Waals surface area contributed by atoms with Gasteiger partial charge in [0.2, 0.25) is 11.8 Å². The molecule has 0 bridgehead atoms. The van der Waals surface area contributed by atoms with Crippen LogP contribution >= 0.6 is 0 Å². The SMILES string of the molecule is CC(C)CCC(=O)N1Cc2ccnn2[C@@H](CC(=O)NCc2ccccn2)C1. The largest absolute Gasteiger partial charge is 0.350 e. The Morgan fingerprint density at radius 3 is 2.85 bits per heavy atom. The van der Waals surface area contributed by atoms with Gasteiger partial charge in [0.25, 0.3) is 0 Å². The molecular formula is C20H27N5O2. The maximum atomic E-state index is 12.6. The summed E-state index contributed by atoms with van der Waals surface area (Å²) in [5.41, 5.74) is 1.79. The maximum absolute atomic E-state index is 12.6. The van der Waals surface area contributed by atoms with Crippen molar-refractivity contribution in [2.45, 2.75) is 52.2 Å². The van der Waals surface area contributed by atoms with Crippen LogP contribution in [0.25, 0.3) is 0 Å². The molecule has 0 saturated carbocycles. The molecule has 1 N–H and O–H groups in total. The topological polar surface area (TPSA) is 80.1 Å². The van der Waals surface area contributed by atoms with E-state index in [2.05, 4.69) is 29.2 Å². The van der Waals surface area contributed by atoms with Crippen molar-refractivity contribution in [3.63, 3.8) is 0 Å². The molecule has 7 heteroatoms. The minimum atomic E-state index is -0.143. The second kappa shape index (κ2) is 8.79. The first-order valence-electron chi connectivity index (χ1n) is 9.49. The molecule has 0 spiro atoms. The van der Waals surface area contributed by atoms with Gasteiger partial charge in [0.05, 0.1) is 36.9 Å². The molecule has 0 aliphatic carbocycles. The molecule has 0 aromatic carbocycles. The highest BCUT2D eigenvalue weighted by atomic mass is 16.2. The fourth-order valence-corrected chi connectivity index (χ4v) is 3.28. The summed E-state index contributed by atoms with van der Waals surface area (Å²) in [6.07, 6.45) is 5.15. The minimum absolute atomic E-state index is 0.0661. The predicted octanol–water partition coefficient (Wildman–Crippen LogP) is 2.30. The molecule has 0 fully saturated rings. The van der Waals surface area contributed by atoms with Crippen LogP contribution in [0.5, 0.6) is 0 Å². The zero-order valence-corrected chi connectivity index (χ0v) is 16.0. The van der Waals surface area contributed by atoms with E-state index in [1.54, 1.807) is 12.4 Å². The van der Waals surface area contributed by atoms with Crippen LogP contribution in [0.2, 0.25) is 0 Å². The van der Waals surface area contributed by atoms with Crippen LogP contribution in [0.3, 0.4) is 0 Å². The molecule has 144 valence electrons. The van der Waals surface area contributed by atoms with Gasteiger partial charge in [-0.25, -0.2) is 0 Å². The van der Waals surface area contributed by atoms with Crippen molar-refractivity contribution in [2.24, 2.45) is 5.92 Å². The smallest absolute Gasteiger partial charge is 0.223 e. The zero-order valence-electron chi connectivity index (χ0n) is 16.0. The number of rotatable bonds is 7. The van der Waals surface area contributed by atoms with Crippen LogP contribution < -0.4 is 5.32 Å². The summed E-state index contributed by atoms with van der Waals surface area (Å²) >= 11 is 0. The van der Waals surface area contributed by atoms with E-state index in [1.165, 1.54) is 0 Å². The third kappa shape index (κ3) is 5.15. The van der Waals surface area contributed by atoms with E-state index in [1.807, 2.05) is 33.8 Å². The Balaban J connectivity index is 1.60. The van der Waals surface area contributed by atoms with Crippen LogP contribution in [0.4, 0.5) is 0 Å². The van der Waals surface area contributed by atoms with Crippen molar-refractivity contribution in [3.05, 3.63) is 48.0 Å². The summed E-state index contributed by atoms with van der Waals surface area (Å²) in [6.45, 7) is 5.71. The zero-order chi connectivity index (χ0) is 19.2. The quantitative estimate of drug-likeness (QED) is 0.812. The Kier molecular flexibility index (Phi) is 6.21. The lowest BCUT2D eigenvalue weighted by atomic mass is 10.1. The molecule has 1 atom stereocenters. The molecule has 7 nitrogen and oxygen atoms in total. The summed E-state index contributed by atoms with van der Waals surface area (Å²) in [5.74, 6) is 0.580. The van der Waals surface area contributed by atoms with E-state index in [0.29, 0.717) is 32.0 Å². The van der Waals surface area contributed by atoms with E-state index >= 15 is 0 Å². The van der Waals surface area contributed by atoms with Gasteiger partial charge >= 0.3 is 0 Å². The molecule has 1 aliphatic heterocycles. The second-order valence-corrected chi connectivity index (χ2v) is 7.43. The molecule has 2 aromatic rings. The summed E-state index contributed by atoms with van der Waals surface area (Å²) < 4.78 is 1.88. The molecule has 3 heterocycles. The summed E-state index contributed by atoms with van der Waals surface area (Å²) in [5, 5.41) is 7.27. The number of hydrogen-bond donors (Lipinski definition) is 1. The highest BCUT2D eigenvalue weighted by Crippen LogP contribution is 2.24. The minimum Gasteiger partial charge on any atom is -0.350 e. The number of nitrogens with zero attached hydrogens (tertiary/aromatic N) is 4. The van der Waals surface area contributed by atoms with Crippen molar-refractivity contribution >= 4 is 11.8 Å². The third-order valence-electron chi connectivity index (χ3n) is 4.78. The van der Waals surface area contributed by atoms with Crippen molar-refractivity contribution in [3.8, 4) is 0 Å². The number of hydrogen-bond acceptors (Lipinski definition) is 4. The Labute approximate surface area is 159 Å². The van der Waals surface area contributed by atoms with Gasteiger partial charge in [-0.2, -0.15) is 5.10 Å². The van der Waals surface area contributed by atoms with E-state index < -0.39 is 0 Å². The standard InChI is InChI=1S/C20H27N5O2/c1-15(2)6-7-20(27)24-13-17-8-10-23-25(17)18(14-24)11-19(26)22-12-16-5-3-4-9-21-16/h3-5,8-10,15,18H,6-7,11-14H2,1-2H3,(H,22,26)/t18-/m0/s1. The Bertz CT molecular complexity index is 772. The maximum Gasteiger partial charge on any atom is 0.223 e. The summed E-state index contributed by atoms with van der Waals surface area (Å²) in [7, 11) is 0. The first-order valence-corrected chi connectivity index (χ1v) is 9.49. The normalized spacial score (nSPS) is 16.3. The lowest BCUT2D eigenvalue weighted by molar-refractivity contribution is -0.134. The fraction of sp³-hybridized carbons (Fsp3) is 0.500. The summed E-state index contributed by atoms with van der Waals surface area (Å²) in [4.78, 5) is 31.1. The molecule has 0 radical (unpaired) electrons. The average Bonchev–Trinajstić information content (AvgIpc) is 3.14. The number of pyridine rings is 1. The van der Waals surface area contributed by atoms with Gasteiger partial charge in [-0.3, -0.25) is 19.3 Å². The van der Waals surface area contributed by atoms with Crippen molar-refractivity contribution in [1.82, 2.24) is 25.0 Å². The average molecular weight is 369 g/mol. The summed E-state index contributed by atoms with van der Waals surface area (Å²) in [6, 6.07) is 7.39. The monoisotopic (exact) mass is 369 g/mol. The molecule has 2 aromatic heterocycles. The van der Waals surface area contributed by atoms with Crippen molar-refractivity contribution in [2.75, 3.05) is 6.54 Å². The number of carbonyl (C=O) groups is 2. The third-order valence-corrected chi connectivity index (χ3v) is 4.78. The lowest BCUT2D eigenvalue weighted by Gasteiger charge is -2.34. The lowest BCUT2D eigenvalue weighted by Crippen LogP contribution is -2.42. The van der Waals surface area contributed by atoms with Crippen molar-refractivity contribution in [1.29, 1.82) is 0 Å². The predicted molar refractivity (Wildman–Crippen MR) is 101 cm³/mol. The van der Waals surface area contributed by atoms with E-state index in [-0.39, 0.29) is 24.3 Å². The number of aromatic nitrogens is 3. The van der Waals surface area contributed by atoms with Gasteiger partial charge in [0.1, 0.15) is 0 Å². The van der Waals surface area contributed by atoms with Crippen LogP contribution in [-0.4, -0.2) is 38.0 Å². The first-order chi connectivity index (χ1) is 13.0. The Morgan fingerprint density at radius 2 is 2.11 bits per heavy atom.